The first kappa shape index (κ1) is 22.7. The van der Waals surface area contributed by atoms with Gasteiger partial charge in [0.25, 0.3) is 0 Å². The summed E-state index contributed by atoms with van der Waals surface area (Å²) in [5.41, 5.74) is 2.00. The summed E-state index contributed by atoms with van der Waals surface area (Å²) in [4.78, 5) is 11.4. The molecule has 4 rings (SSSR count). The second-order valence-corrected chi connectivity index (χ2v) is 10.1. The monoisotopic (exact) mass is 534 g/mol. The van der Waals surface area contributed by atoms with Crippen molar-refractivity contribution in [3.8, 4) is 5.75 Å². The molecule has 10 nitrogen and oxygen atoms in total. The van der Waals surface area contributed by atoms with E-state index in [1.165, 1.54) is 31.3 Å². The number of fused-ring (bicyclic) bond motifs is 1. The summed E-state index contributed by atoms with van der Waals surface area (Å²) in [6.45, 7) is -3.59. The molecule has 4 aromatic carbocycles. The van der Waals surface area contributed by atoms with E-state index in [1.54, 1.807) is 30.3 Å². The Morgan fingerprint density at radius 1 is 0.895 bits per heavy atom. The fourth-order valence-electron chi connectivity index (χ4n) is 3.42. The van der Waals surface area contributed by atoms with Gasteiger partial charge < -0.3 is 9.84 Å². The molecular weight excluding hydrogens is 506 g/mol. The average Bonchev–Trinajstić information content (AvgIpc) is 2.95. The summed E-state index contributed by atoms with van der Waals surface area (Å²) in [5.74, 6) is -1.54. The van der Waals surface area contributed by atoms with Crippen molar-refractivity contribution in [3.63, 3.8) is 0 Å². The fourth-order valence-corrected chi connectivity index (χ4v) is 4.61. The molecule has 0 bridgehead atoms. The summed E-state index contributed by atoms with van der Waals surface area (Å²) < 4.78 is 52.7. The van der Waals surface area contributed by atoms with E-state index < -0.39 is 29.5 Å². The number of esters is 1. The largest absolute Gasteiger partial charge is 0.506 e. The number of hydrogen-bond donors (Lipinski definition) is 1. The fraction of sp³-hybridized carbons (Fsp3) is 0.148. The van der Waals surface area contributed by atoms with E-state index in [9.17, 15) is 18.3 Å². The van der Waals surface area contributed by atoms with Crippen LogP contribution in [0.1, 0.15) is 11.0 Å². The summed E-state index contributed by atoms with van der Waals surface area (Å²) in [6, 6.07) is 23.4. The van der Waals surface area contributed by atoms with Crippen LogP contribution in [0.5, 0.6) is 5.75 Å². The highest BCUT2D eigenvalue weighted by Crippen LogP contribution is 2.37. The molecule has 1 N–H and O–H groups in total. The van der Waals surface area contributed by atoms with E-state index in [0.717, 1.165) is 9.99 Å². The molecule has 11 heteroatoms. The van der Waals surface area contributed by atoms with Gasteiger partial charge >= 0.3 is 5.97 Å². The summed E-state index contributed by atoms with van der Waals surface area (Å²) in [5, 5.41) is 28.1. The molecule has 0 aromatic heterocycles. The number of hydrogen-bond acceptors (Lipinski definition) is 9. The van der Waals surface area contributed by atoms with Crippen LogP contribution in [0.4, 0.5) is 22.7 Å². The van der Waals surface area contributed by atoms with Gasteiger partial charge in [-0.15, -0.1) is 5.11 Å². The Bertz CT molecular complexity index is 1710. The molecule has 0 radical (unpaired) electrons. The Morgan fingerprint density at radius 2 is 1.53 bits per heavy atom. The lowest BCUT2D eigenvalue weighted by atomic mass is 10.1. The van der Waals surface area contributed by atoms with Crippen molar-refractivity contribution in [1.29, 1.82) is 0 Å². The van der Waals surface area contributed by atoms with Crippen LogP contribution in [-0.2, 0) is 19.6 Å². The topological polar surface area (TPSA) is 133 Å². The van der Waals surface area contributed by atoms with E-state index in [-0.39, 0.29) is 22.9 Å². The first-order valence-corrected chi connectivity index (χ1v) is 12.8. The number of benzene rings is 4. The lowest BCUT2D eigenvalue weighted by molar-refractivity contribution is -0.141. The van der Waals surface area contributed by atoms with Gasteiger partial charge in [0.2, 0.25) is 10.0 Å². The van der Waals surface area contributed by atoms with Crippen LogP contribution in [0.25, 0.3) is 10.8 Å². The SMILES string of the molecule is [2H]C([2H])([2H])C(=O)OCCN(C)S(=O)(=O)c1ccc2c(N=Nc3ccc(N=Nc4ccccc4)cc3)c(O)ccc2c1. The minimum absolute atomic E-state index is 0.0523. The number of phenolic OH excluding ortho intramolecular Hbond substituents is 1. The Hall–Kier alpha value is -4.48. The Balaban J connectivity index is 1.49. The molecule has 0 aliphatic rings. The van der Waals surface area contributed by atoms with Crippen LogP contribution in [0.3, 0.4) is 0 Å². The number of aromatic hydroxyl groups is 1. The Kier molecular flexibility index (Phi) is 7.00. The first-order valence-electron chi connectivity index (χ1n) is 12.8. The molecule has 0 saturated carbocycles. The highest BCUT2D eigenvalue weighted by atomic mass is 32.2. The number of phenols is 1. The number of ether oxygens (including phenoxy) is 1. The average molecular weight is 535 g/mol. The molecule has 194 valence electrons. The number of carbonyl (C=O) groups is 1. The second-order valence-electron chi connectivity index (χ2n) is 8.03. The van der Waals surface area contributed by atoms with Crippen LogP contribution in [0.2, 0.25) is 0 Å². The molecule has 0 aliphatic heterocycles. The van der Waals surface area contributed by atoms with E-state index in [1.807, 2.05) is 30.3 Å². The lowest BCUT2D eigenvalue weighted by Gasteiger charge is -2.17. The van der Waals surface area contributed by atoms with Crippen molar-refractivity contribution in [1.82, 2.24) is 4.31 Å². The maximum absolute atomic E-state index is 13.0. The zero-order valence-corrected chi connectivity index (χ0v) is 21.0. The summed E-state index contributed by atoms with van der Waals surface area (Å²) >= 11 is 0. The predicted molar refractivity (Wildman–Crippen MR) is 143 cm³/mol. The van der Waals surface area contributed by atoms with Crippen LogP contribution in [0, 0.1) is 0 Å². The van der Waals surface area contributed by atoms with Crippen molar-refractivity contribution >= 4 is 49.5 Å². The van der Waals surface area contributed by atoms with Gasteiger partial charge in [-0.25, -0.2) is 8.42 Å². The highest BCUT2D eigenvalue weighted by Gasteiger charge is 2.21. The third kappa shape index (κ3) is 6.44. The van der Waals surface area contributed by atoms with Gasteiger partial charge in [0.1, 0.15) is 18.0 Å². The van der Waals surface area contributed by atoms with E-state index in [0.29, 0.717) is 22.1 Å². The standard InChI is InChI=1S/C27H25N5O5S/c1-19(33)37-17-16-32(2)38(35,36)24-13-14-25-20(18-24)8-15-26(34)27(25)31-30-23-11-9-22(10-12-23)29-28-21-6-4-3-5-7-21/h3-15,18,34H,16-17H2,1-2H3/i1D3. The molecule has 0 atom stereocenters. The minimum Gasteiger partial charge on any atom is -0.506 e. The van der Waals surface area contributed by atoms with Gasteiger partial charge in [-0.1, -0.05) is 30.3 Å². The van der Waals surface area contributed by atoms with Crippen molar-refractivity contribution in [3.05, 3.63) is 84.9 Å². The van der Waals surface area contributed by atoms with Gasteiger partial charge in [-0.3, -0.25) is 4.79 Å². The zero-order chi connectivity index (χ0) is 29.6. The van der Waals surface area contributed by atoms with Crippen LogP contribution in [-0.4, -0.2) is 44.0 Å². The van der Waals surface area contributed by atoms with Gasteiger partial charge in [-0.05, 0) is 60.0 Å². The molecule has 4 aromatic rings. The first-order chi connectivity index (χ1) is 19.4. The van der Waals surface area contributed by atoms with Crippen LogP contribution in [0.15, 0.2) is 110 Å². The maximum Gasteiger partial charge on any atom is 0.302 e. The van der Waals surface area contributed by atoms with Crippen molar-refractivity contribution < 1.29 is 27.2 Å². The van der Waals surface area contributed by atoms with E-state index in [2.05, 4.69) is 25.2 Å². The van der Waals surface area contributed by atoms with Crippen molar-refractivity contribution in [2.45, 2.75) is 11.7 Å². The van der Waals surface area contributed by atoms with Gasteiger partial charge in [-0.2, -0.15) is 19.6 Å². The van der Waals surface area contributed by atoms with Gasteiger partial charge in [0.15, 0.2) is 0 Å². The quantitative estimate of drug-likeness (QED) is 0.192. The van der Waals surface area contributed by atoms with E-state index >= 15 is 0 Å². The van der Waals surface area contributed by atoms with Crippen LogP contribution >= 0.6 is 0 Å². The molecular formula is C27H25N5O5S. The van der Waals surface area contributed by atoms with Gasteiger partial charge in [0.05, 0.1) is 22.0 Å². The lowest BCUT2D eigenvalue weighted by Crippen LogP contribution is -2.30. The minimum atomic E-state index is -4.00. The van der Waals surface area contributed by atoms with Crippen molar-refractivity contribution in [2.75, 3.05) is 20.2 Å². The molecule has 0 unspecified atom stereocenters. The number of azo groups is 2. The number of rotatable bonds is 9. The third-order valence-corrected chi connectivity index (χ3v) is 7.29. The predicted octanol–water partition coefficient (Wildman–Crippen LogP) is 6.56. The Morgan fingerprint density at radius 3 is 2.18 bits per heavy atom. The van der Waals surface area contributed by atoms with E-state index in [4.69, 9.17) is 4.11 Å². The van der Waals surface area contributed by atoms with Gasteiger partial charge in [0, 0.05) is 29.9 Å². The highest BCUT2D eigenvalue weighted by molar-refractivity contribution is 7.89. The smallest absolute Gasteiger partial charge is 0.302 e. The number of nitrogens with zero attached hydrogens (tertiary/aromatic N) is 5. The van der Waals surface area contributed by atoms with Crippen LogP contribution < -0.4 is 0 Å². The molecule has 0 fully saturated rings. The molecule has 0 amide bonds. The second kappa shape index (κ2) is 11.7. The summed E-state index contributed by atoms with van der Waals surface area (Å²) in [6.07, 6.45) is 0. The molecule has 0 aliphatic carbocycles. The summed E-state index contributed by atoms with van der Waals surface area (Å²) in [7, 11) is -2.72. The molecule has 38 heavy (non-hydrogen) atoms. The number of likely N-dealkylation sites (N-methyl/N-ethyl adjacent to an activating group) is 1. The Labute approximate surface area is 224 Å². The number of carbonyl (C=O) groups excluding carboxylic acids is 1. The number of sulfonamides is 1. The molecule has 0 spiro atoms. The molecule has 0 saturated heterocycles. The molecule has 0 heterocycles. The third-order valence-electron chi connectivity index (χ3n) is 5.44. The van der Waals surface area contributed by atoms with Crippen molar-refractivity contribution in [2.24, 2.45) is 20.5 Å². The normalized spacial score (nSPS) is 13.6. The maximum atomic E-state index is 13.0. The zero-order valence-electron chi connectivity index (χ0n) is 23.2.